The van der Waals surface area contributed by atoms with Crippen molar-refractivity contribution in [3.05, 3.63) is 24.3 Å². The van der Waals surface area contributed by atoms with Gasteiger partial charge in [0.2, 0.25) is 5.91 Å². The summed E-state index contributed by atoms with van der Waals surface area (Å²) >= 11 is 0. The van der Waals surface area contributed by atoms with Crippen molar-refractivity contribution in [2.75, 3.05) is 11.6 Å². The Labute approximate surface area is 114 Å². The Morgan fingerprint density at radius 3 is 2.47 bits per heavy atom. The van der Waals surface area contributed by atoms with Gasteiger partial charge in [0.05, 0.1) is 4.90 Å². The molecule has 2 rings (SSSR count). The minimum atomic E-state index is -3.25. The van der Waals surface area contributed by atoms with Gasteiger partial charge in [-0.05, 0) is 31.0 Å². The van der Waals surface area contributed by atoms with Crippen molar-refractivity contribution < 1.29 is 13.2 Å². The molecule has 5 heteroatoms. The summed E-state index contributed by atoms with van der Waals surface area (Å²) in [5.74, 6) is -0.0179. The number of hydrogen-bond acceptors (Lipinski definition) is 3. The molecule has 0 radical (unpaired) electrons. The van der Waals surface area contributed by atoms with Gasteiger partial charge in [-0.25, -0.2) is 8.42 Å². The zero-order valence-corrected chi connectivity index (χ0v) is 12.1. The normalized spacial score (nSPS) is 18.2. The fourth-order valence-corrected chi connectivity index (χ4v) is 3.14. The lowest BCUT2D eigenvalue weighted by Crippen LogP contribution is -2.30. The third-order valence-electron chi connectivity index (χ3n) is 3.78. The highest BCUT2D eigenvalue weighted by molar-refractivity contribution is 7.90. The number of nitrogens with one attached hydrogen (secondary N) is 1. The van der Waals surface area contributed by atoms with Gasteiger partial charge in [0.1, 0.15) is 0 Å². The highest BCUT2D eigenvalue weighted by Crippen LogP contribution is 2.38. The van der Waals surface area contributed by atoms with Gasteiger partial charge < -0.3 is 5.32 Å². The summed E-state index contributed by atoms with van der Waals surface area (Å²) in [7, 11) is -3.25. The summed E-state index contributed by atoms with van der Waals surface area (Å²) in [5.41, 5.74) is 0.224. The van der Waals surface area contributed by atoms with Crippen molar-refractivity contribution in [1.29, 1.82) is 0 Å². The Bertz CT molecular complexity index is 586. The third kappa shape index (κ3) is 3.15. The highest BCUT2D eigenvalue weighted by atomic mass is 32.2. The molecule has 1 aliphatic rings. The van der Waals surface area contributed by atoms with Crippen LogP contribution in [0.3, 0.4) is 0 Å². The Balaban J connectivity index is 2.18. The van der Waals surface area contributed by atoms with Gasteiger partial charge in [-0.2, -0.15) is 0 Å². The van der Waals surface area contributed by atoms with E-state index in [1.807, 2.05) is 6.92 Å². The van der Waals surface area contributed by atoms with E-state index in [4.69, 9.17) is 0 Å². The first-order valence-electron chi connectivity index (χ1n) is 6.43. The van der Waals surface area contributed by atoms with Crippen molar-refractivity contribution in [2.45, 2.75) is 37.5 Å². The fourth-order valence-electron chi connectivity index (χ4n) is 2.47. The molecule has 1 aromatic carbocycles. The predicted molar refractivity (Wildman–Crippen MR) is 74.8 cm³/mol. The number of sulfone groups is 1. The van der Waals surface area contributed by atoms with E-state index in [-0.39, 0.29) is 16.2 Å². The number of carbonyl (C=O) groups excluding carboxylic acids is 1. The minimum Gasteiger partial charge on any atom is -0.326 e. The highest BCUT2D eigenvalue weighted by Gasteiger charge is 2.36. The maximum atomic E-state index is 12.2. The molecule has 0 atom stereocenters. The van der Waals surface area contributed by atoms with Crippen LogP contribution in [0, 0.1) is 5.41 Å². The lowest BCUT2D eigenvalue weighted by molar-refractivity contribution is -0.124. The molecule has 0 unspecified atom stereocenters. The summed E-state index contributed by atoms with van der Waals surface area (Å²) < 4.78 is 23.0. The first-order chi connectivity index (χ1) is 8.81. The molecule has 0 spiro atoms. The zero-order chi connectivity index (χ0) is 14.1. The summed E-state index contributed by atoms with van der Waals surface area (Å²) in [5, 5.41) is 2.83. The second-order valence-electron chi connectivity index (χ2n) is 5.52. The fraction of sp³-hybridized carbons (Fsp3) is 0.500. The standard InChI is InChI=1S/C14H19NO3S/c1-14(8-3-4-9-14)13(16)15-11-6-5-7-12(10-11)19(2,17)18/h5-7,10H,3-4,8-9H2,1-2H3,(H,15,16). The molecule has 1 aliphatic carbocycles. The molecule has 0 aliphatic heterocycles. The van der Waals surface area contributed by atoms with Crippen LogP contribution >= 0.6 is 0 Å². The summed E-state index contributed by atoms with van der Waals surface area (Å²) in [6, 6.07) is 6.39. The Morgan fingerprint density at radius 2 is 1.89 bits per heavy atom. The molecule has 1 N–H and O–H groups in total. The number of anilines is 1. The van der Waals surface area contributed by atoms with Crippen molar-refractivity contribution >= 4 is 21.4 Å². The molecule has 104 valence electrons. The lowest BCUT2D eigenvalue weighted by atomic mass is 9.88. The predicted octanol–water partition coefficient (Wildman–Crippen LogP) is 2.61. The first kappa shape index (κ1) is 14.1. The molecule has 19 heavy (non-hydrogen) atoms. The summed E-state index contributed by atoms with van der Waals surface area (Å²) in [4.78, 5) is 12.5. The average Bonchev–Trinajstić information content (AvgIpc) is 2.77. The van der Waals surface area contributed by atoms with Gasteiger partial charge >= 0.3 is 0 Å². The van der Waals surface area contributed by atoms with E-state index < -0.39 is 9.84 Å². The van der Waals surface area contributed by atoms with Crippen molar-refractivity contribution in [1.82, 2.24) is 0 Å². The zero-order valence-electron chi connectivity index (χ0n) is 11.3. The number of amides is 1. The molecule has 4 nitrogen and oxygen atoms in total. The lowest BCUT2D eigenvalue weighted by Gasteiger charge is -2.22. The summed E-state index contributed by atoms with van der Waals surface area (Å²) in [6.45, 7) is 1.97. The van der Waals surface area contributed by atoms with E-state index >= 15 is 0 Å². The van der Waals surface area contributed by atoms with Crippen LogP contribution in [-0.2, 0) is 14.6 Å². The molecule has 1 fully saturated rings. The Morgan fingerprint density at radius 1 is 1.26 bits per heavy atom. The van der Waals surface area contributed by atoms with Crippen LogP contribution in [0.15, 0.2) is 29.2 Å². The monoisotopic (exact) mass is 281 g/mol. The smallest absolute Gasteiger partial charge is 0.230 e. The van der Waals surface area contributed by atoms with Crippen LogP contribution in [0.4, 0.5) is 5.69 Å². The molecule has 0 aromatic heterocycles. The maximum Gasteiger partial charge on any atom is 0.230 e. The van der Waals surface area contributed by atoms with Gasteiger partial charge in [-0.15, -0.1) is 0 Å². The second-order valence-corrected chi connectivity index (χ2v) is 7.54. The van der Waals surface area contributed by atoms with Crippen LogP contribution in [0.2, 0.25) is 0 Å². The van der Waals surface area contributed by atoms with Gasteiger partial charge in [0.15, 0.2) is 9.84 Å². The molecular weight excluding hydrogens is 262 g/mol. The number of hydrogen-bond donors (Lipinski definition) is 1. The van der Waals surface area contributed by atoms with Gasteiger partial charge in [-0.3, -0.25) is 4.79 Å². The number of benzene rings is 1. The molecule has 1 saturated carbocycles. The van der Waals surface area contributed by atoms with Crippen LogP contribution in [0.25, 0.3) is 0 Å². The second kappa shape index (κ2) is 4.96. The molecule has 0 bridgehead atoms. The SMILES string of the molecule is CC1(C(=O)Nc2cccc(S(C)(=O)=O)c2)CCCC1. The summed E-state index contributed by atoms with van der Waals surface area (Å²) in [6.07, 6.45) is 5.10. The molecule has 0 saturated heterocycles. The van der Waals surface area contributed by atoms with Gasteiger partial charge in [0, 0.05) is 17.4 Å². The van der Waals surface area contributed by atoms with E-state index in [2.05, 4.69) is 5.32 Å². The Kier molecular flexibility index (Phi) is 3.67. The van der Waals surface area contributed by atoms with E-state index in [9.17, 15) is 13.2 Å². The maximum absolute atomic E-state index is 12.2. The molecule has 1 aromatic rings. The van der Waals surface area contributed by atoms with Crippen molar-refractivity contribution in [3.63, 3.8) is 0 Å². The third-order valence-corrected chi connectivity index (χ3v) is 4.89. The van der Waals surface area contributed by atoms with E-state index in [1.54, 1.807) is 12.1 Å². The van der Waals surface area contributed by atoms with E-state index in [0.29, 0.717) is 5.69 Å². The van der Waals surface area contributed by atoms with Crippen LogP contribution < -0.4 is 5.32 Å². The number of carbonyl (C=O) groups is 1. The first-order valence-corrected chi connectivity index (χ1v) is 8.32. The molecule has 0 heterocycles. The van der Waals surface area contributed by atoms with Crippen molar-refractivity contribution in [3.8, 4) is 0 Å². The average molecular weight is 281 g/mol. The minimum absolute atomic E-state index is 0.0179. The van der Waals surface area contributed by atoms with Crippen LogP contribution in [-0.4, -0.2) is 20.6 Å². The van der Waals surface area contributed by atoms with Crippen LogP contribution in [0.1, 0.15) is 32.6 Å². The van der Waals surface area contributed by atoms with Crippen molar-refractivity contribution in [2.24, 2.45) is 5.41 Å². The van der Waals surface area contributed by atoms with E-state index in [1.165, 1.54) is 12.1 Å². The number of rotatable bonds is 3. The largest absolute Gasteiger partial charge is 0.326 e. The van der Waals surface area contributed by atoms with Gasteiger partial charge in [-0.1, -0.05) is 25.8 Å². The Hall–Kier alpha value is -1.36. The quantitative estimate of drug-likeness (QED) is 0.926. The van der Waals surface area contributed by atoms with Crippen LogP contribution in [0.5, 0.6) is 0 Å². The van der Waals surface area contributed by atoms with E-state index in [0.717, 1.165) is 31.9 Å². The molecular formula is C14H19NO3S. The molecule has 1 amide bonds. The topological polar surface area (TPSA) is 63.2 Å². The van der Waals surface area contributed by atoms with Gasteiger partial charge in [0.25, 0.3) is 0 Å².